The molecule has 4 rings (SSSR count). The van der Waals surface area contributed by atoms with Crippen LogP contribution in [-0.4, -0.2) is 5.16 Å². The Balaban J connectivity index is 1.94. The first-order valence-corrected chi connectivity index (χ1v) is 6.10. The second kappa shape index (κ2) is 2.47. The maximum Gasteiger partial charge on any atom is -0.0145 e. The summed E-state index contributed by atoms with van der Waals surface area (Å²) in [6.45, 7) is 0. The van der Waals surface area contributed by atoms with Gasteiger partial charge in [0.05, 0.1) is 0 Å². The van der Waals surface area contributed by atoms with Crippen LogP contribution in [0, 0.1) is 17.8 Å². The predicted octanol–water partition coefficient (Wildman–Crippen LogP) is 3.22. The van der Waals surface area contributed by atoms with Crippen LogP contribution >= 0.6 is 9.24 Å². The monoisotopic (exact) mass is 182 g/mol. The summed E-state index contributed by atoms with van der Waals surface area (Å²) in [7, 11) is 3.20. The molecule has 4 aliphatic rings. The molecule has 4 fully saturated rings. The SMILES string of the molecule is PC12CCC3C[C@H](C[C@H](C3)C1)C2. The molecule has 5 atom stereocenters. The summed E-state index contributed by atoms with van der Waals surface area (Å²) in [6.07, 6.45) is 10.8. The van der Waals surface area contributed by atoms with E-state index in [2.05, 4.69) is 9.24 Å². The average molecular weight is 182 g/mol. The van der Waals surface area contributed by atoms with E-state index in [9.17, 15) is 0 Å². The zero-order chi connectivity index (χ0) is 8.18. The van der Waals surface area contributed by atoms with Gasteiger partial charge in [0, 0.05) is 0 Å². The first-order chi connectivity index (χ1) is 5.73. The van der Waals surface area contributed by atoms with E-state index in [1.807, 2.05) is 0 Å². The smallest absolute Gasteiger partial charge is 0.0145 e. The fourth-order valence-electron chi connectivity index (χ4n) is 4.20. The highest BCUT2D eigenvalue weighted by Crippen LogP contribution is 2.56. The summed E-state index contributed by atoms with van der Waals surface area (Å²) in [5.74, 6) is 3.35. The zero-order valence-corrected chi connectivity index (χ0v) is 8.91. The lowest BCUT2D eigenvalue weighted by atomic mass is 9.67. The first kappa shape index (κ1) is 7.80. The Bertz CT molecular complexity index is 185. The van der Waals surface area contributed by atoms with Crippen molar-refractivity contribution in [2.75, 3.05) is 0 Å². The topological polar surface area (TPSA) is 0 Å². The van der Waals surface area contributed by atoms with Crippen molar-refractivity contribution in [1.29, 1.82) is 0 Å². The van der Waals surface area contributed by atoms with Crippen LogP contribution in [0.5, 0.6) is 0 Å². The Morgan fingerprint density at radius 2 is 1.50 bits per heavy atom. The molecule has 0 aromatic carbocycles. The molecule has 0 amide bonds. The third-order valence-corrected chi connectivity index (χ3v) is 5.20. The van der Waals surface area contributed by atoms with Crippen molar-refractivity contribution in [2.24, 2.45) is 17.8 Å². The Morgan fingerprint density at radius 3 is 2.17 bits per heavy atom. The van der Waals surface area contributed by atoms with Crippen LogP contribution in [0.3, 0.4) is 0 Å². The van der Waals surface area contributed by atoms with Crippen molar-refractivity contribution >= 4 is 9.24 Å². The molecular weight excluding hydrogens is 163 g/mol. The normalized spacial score (nSPS) is 57.2. The van der Waals surface area contributed by atoms with E-state index in [1.165, 1.54) is 25.7 Å². The van der Waals surface area contributed by atoms with E-state index in [4.69, 9.17) is 0 Å². The fraction of sp³-hybridized carbons (Fsp3) is 1.00. The second-order valence-electron chi connectivity index (χ2n) is 5.61. The molecule has 4 saturated carbocycles. The van der Waals surface area contributed by atoms with Crippen LogP contribution in [0.25, 0.3) is 0 Å². The molecule has 0 aliphatic heterocycles. The predicted molar refractivity (Wildman–Crippen MR) is 55.2 cm³/mol. The maximum atomic E-state index is 3.20. The third kappa shape index (κ3) is 1.15. The van der Waals surface area contributed by atoms with Gasteiger partial charge in [0.2, 0.25) is 0 Å². The van der Waals surface area contributed by atoms with Crippen molar-refractivity contribution in [3.05, 3.63) is 0 Å². The van der Waals surface area contributed by atoms with Crippen molar-refractivity contribution in [3.63, 3.8) is 0 Å². The molecule has 0 nitrogen and oxygen atoms in total. The lowest BCUT2D eigenvalue weighted by Crippen LogP contribution is -2.34. The summed E-state index contributed by atoms with van der Waals surface area (Å²) >= 11 is 0. The van der Waals surface area contributed by atoms with Gasteiger partial charge in [0.25, 0.3) is 0 Å². The van der Waals surface area contributed by atoms with Crippen molar-refractivity contribution in [1.82, 2.24) is 0 Å². The number of hydrogen-bond acceptors (Lipinski definition) is 0. The molecule has 0 aromatic heterocycles. The van der Waals surface area contributed by atoms with Gasteiger partial charge in [-0.15, -0.1) is 9.24 Å². The van der Waals surface area contributed by atoms with E-state index in [1.54, 1.807) is 19.3 Å². The van der Waals surface area contributed by atoms with E-state index >= 15 is 0 Å². The van der Waals surface area contributed by atoms with Gasteiger partial charge in [0.1, 0.15) is 0 Å². The molecule has 0 aromatic rings. The Morgan fingerprint density at radius 1 is 0.917 bits per heavy atom. The van der Waals surface area contributed by atoms with Crippen LogP contribution < -0.4 is 0 Å². The van der Waals surface area contributed by atoms with Gasteiger partial charge in [0.15, 0.2) is 0 Å². The Kier molecular flexibility index (Phi) is 1.61. The highest BCUT2D eigenvalue weighted by atomic mass is 31.0. The lowest BCUT2D eigenvalue weighted by Gasteiger charge is -2.43. The summed E-state index contributed by atoms with van der Waals surface area (Å²) in [6, 6.07) is 0. The van der Waals surface area contributed by atoms with Crippen molar-refractivity contribution in [3.8, 4) is 0 Å². The second-order valence-corrected chi connectivity index (χ2v) is 6.84. The molecule has 68 valence electrons. The largest absolute Gasteiger partial charge is 0.131 e. The van der Waals surface area contributed by atoms with Gasteiger partial charge >= 0.3 is 0 Å². The average Bonchev–Trinajstić information content (AvgIpc) is 2.14. The summed E-state index contributed by atoms with van der Waals surface area (Å²) in [4.78, 5) is 0. The van der Waals surface area contributed by atoms with E-state index in [0.717, 1.165) is 17.8 Å². The maximum absolute atomic E-state index is 3.20. The Hall–Kier alpha value is 0.430. The third-order valence-electron chi connectivity index (χ3n) is 4.44. The minimum absolute atomic E-state index is 0.693. The molecule has 12 heavy (non-hydrogen) atoms. The van der Waals surface area contributed by atoms with Gasteiger partial charge in [-0.25, -0.2) is 0 Å². The standard InChI is InChI=1S/C11H19P/c12-11-2-1-8-3-9(6-11)5-10(4-8)7-11/h8-10H,1-7,12H2/t8?,9-,10+,11?. The molecule has 0 heterocycles. The first-order valence-electron chi connectivity index (χ1n) is 5.52. The van der Waals surface area contributed by atoms with Crippen LogP contribution in [0.4, 0.5) is 0 Å². The van der Waals surface area contributed by atoms with E-state index in [-0.39, 0.29) is 0 Å². The summed E-state index contributed by atoms with van der Waals surface area (Å²) in [5.41, 5.74) is 0. The lowest BCUT2D eigenvalue weighted by molar-refractivity contribution is 0.145. The van der Waals surface area contributed by atoms with Crippen LogP contribution in [-0.2, 0) is 0 Å². The summed E-state index contributed by atoms with van der Waals surface area (Å²) in [5, 5.41) is 0.693. The molecule has 0 spiro atoms. The molecule has 3 unspecified atom stereocenters. The zero-order valence-electron chi connectivity index (χ0n) is 7.76. The van der Waals surface area contributed by atoms with E-state index < -0.39 is 0 Å². The molecule has 4 aliphatic carbocycles. The summed E-state index contributed by atoms with van der Waals surface area (Å²) < 4.78 is 0. The van der Waals surface area contributed by atoms with Crippen LogP contribution in [0.1, 0.15) is 44.9 Å². The van der Waals surface area contributed by atoms with Gasteiger partial charge in [-0.05, 0) is 67.9 Å². The molecule has 1 heteroatoms. The number of fused-ring (bicyclic) bond motifs is 1. The molecule has 0 radical (unpaired) electrons. The number of hydrogen-bond donors (Lipinski definition) is 0. The van der Waals surface area contributed by atoms with Crippen LogP contribution in [0.2, 0.25) is 0 Å². The van der Waals surface area contributed by atoms with E-state index in [0.29, 0.717) is 5.16 Å². The van der Waals surface area contributed by atoms with Gasteiger partial charge < -0.3 is 0 Å². The van der Waals surface area contributed by atoms with Crippen molar-refractivity contribution in [2.45, 2.75) is 50.1 Å². The fourth-order valence-corrected chi connectivity index (χ4v) is 5.03. The molecule has 0 saturated heterocycles. The van der Waals surface area contributed by atoms with Gasteiger partial charge in [-0.1, -0.05) is 0 Å². The van der Waals surface area contributed by atoms with Crippen LogP contribution in [0.15, 0.2) is 0 Å². The van der Waals surface area contributed by atoms with Gasteiger partial charge in [-0.3, -0.25) is 0 Å². The van der Waals surface area contributed by atoms with Crippen molar-refractivity contribution < 1.29 is 0 Å². The minimum atomic E-state index is 0.693. The van der Waals surface area contributed by atoms with Gasteiger partial charge in [-0.2, -0.15) is 0 Å². The molecular formula is C11H19P. The highest BCUT2D eigenvalue weighted by Gasteiger charge is 2.44. The highest BCUT2D eigenvalue weighted by molar-refractivity contribution is 7.19. The molecule has 0 N–H and O–H groups in total. The minimum Gasteiger partial charge on any atom is -0.131 e. The quantitative estimate of drug-likeness (QED) is 0.504. The number of rotatable bonds is 0. The Labute approximate surface area is 77.7 Å². The molecule has 4 bridgehead atoms.